The number of tetrazole rings is 1. The van der Waals surface area contributed by atoms with Gasteiger partial charge in [-0.2, -0.15) is 0 Å². The molecule has 0 radical (unpaired) electrons. The van der Waals surface area contributed by atoms with Gasteiger partial charge in [0.2, 0.25) is 0 Å². The third-order valence-corrected chi connectivity index (χ3v) is 7.14. The lowest BCUT2D eigenvalue weighted by molar-refractivity contribution is 0.195. The monoisotopic (exact) mass is 520 g/mol. The Balaban J connectivity index is 1.68. The van der Waals surface area contributed by atoms with E-state index in [1.54, 1.807) is 0 Å². The minimum Gasteiger partial charge on any atom is -0.322 e. The van der Waals surface area contributed by atoms with Gasteiger partial charge in [0, 0.05) is 24.2 Å². The predicted octanol–water partition coefficient (Wildman–Crippen LogP) is 5.67. The van der Waals surface area contributed by atoms with Crippen LogP contribution in [0.25, 0.3) is 10.9 Å². The highest BCUT2D eigenvalue weighted by Gasteiger charge is 2.33. The SMILES string of the molecule is CCc1ccc2[nH]c(=O)c([C@H](c3nnnn3C(C)(C)C)N(CCc3ccccc3)Cc3ccccc3)cc2c1. The van der Waals surface area contributed by atoms with Crippen molar-refractivity contribution >= 4 is 10.9 Å². The van der Waals surface area contributed by atoms with E-state index in [1.165, 1.54) is 11.1 Å². The highest BCUT2D eigenvalue weighted by Crippen LogP contribution is 2.31. The van der Waals surface area contributed by atoms with Crippen LogP contribution in [0.15, 0.2) is 89.7 Å². The number of nitrogens with one attached hydrogen (secondary N) is 1. The number of nitrogens with zero attached hydrogens (tertiary/aromatic N) is 5. The number of aromatic nitrogens is 5. The number of hydrogen-bond acceptors (Lipinski definition) is 5. The summed E-state index contributed by atoms with van der Waals surface area (Å²) in [6.45, 7) is 9.73. The summed E-state index contributed by atoms with van der Waals surface area (Å²) < 4.78 is 1.85. The number of pyridine rings is 1. The van der Waals surface area contributed by atoms with E-state index in [0.29, 0.717) is 24.5 Å². The number of rotatable bonds is 9. The molecule has 0 saturated carbocycles. The lowest BCUT2D eigenvalue weighted by Crippen LogP contribution is -2.38. The molecule has 2 heterocycles. The largest absolute Gasteiger partial charge is 0.322 e. The number of benzene rings is 3. The molecule has 3 aromatic carbocycles. The molecule has 1 N–H and O–H groups in total. The van der Waals surface area contributed by atoms with E-state index in [-0.39, 0.29) is 11.1 Å². The maximum atomic E-state index is 13.8. The summed E-state index contributed by atoms with van der Waals surface area (Å²) in [5.74, 6) is 0.656. The summed E-state index contributed by atoms with van der Waals surface area (Å²) in [6, 6.07) is 28.6. The van der Waals surface area contributed by atoms with Crippen LogP contribution in [0, 0.1) is 0 Å². The standard InChI is InChI=1S/C32H36N6O/c1-5-23-16-17-28-26(20-23)21-27(31(39)33-28)29(30-34-35-36-38(30)32(2,3)4)37(22-25-14-10-7-11-15-25)19-18-24-12-8-6-9-13-24/h6-17,20-21,29H,5,18-19,22H2,1-4H3,(H,33,39)/t29-/m1/s1. The normalized spacial score (nSPS) is 12.7. The van der Waals surface area contributed by atoms with E-state index in [4.69, 9.17) is 0 Å². The Labute approximate surface area is 229 Å². The van der Waals surface area contributed by atoms with Gasteiger partial charge >= 0.3 is 0 Å². The Morgan fingerprint density at radius 2 is 1.59 bits per heavy atom. The lowest BCUT2D eigenvalue weighted by atomic mass is 9.99. The molecule has 1 atom stereocenters. The van der Waals surface area contributed by atoms with Crippen LogP contribution in [0.2, 0.25) is 0 Å². The smallest absolute Gasteiger partial charge is 0.253 e. The van der Waals surface area contributed by atoms with Crippen molar-refractivity contribution in [2.75, 3.05) is 6.54 Å². The molecule has 5 rings (SSSR count). The van der Waals surface area contributed by atoms with Gasteiger partial charge in [-0.05, 0) is 84.3 Å². The fourth-order valence-electron chi connectivity index (χ4n) is 5.07. The zero-order valence-corrected chi connectivity index (χ0v) is 23.1. The summed E-state index contributed by atoms with van der Waals surface area (Å²) in [5, 5.41) is 14.0. The molecule has 0 bridgehead atoms. The first-order chi connectivity index (χ1) is 18.8. The van der Waals surface area contributed by atoms with Crippen molar-refractivity contribution in [3.63, 3.8) is 0 Å². The van der Waals surface area contributed by atoms with E-state index < -0.39 is 6.04 Å². The average Bonchev–Trinajstić information content (AvgIpc) is 3.43. The molecule has 5 aromatic rings. The predicted molar refractivity (Wildman–Crippen MR) is 156 cm³/mol. The molecule has 0 aliphatic carbocycles. The maximum absolute atomic E-state index is 13.8. The van der Waals surface area contributed by atoms with Gasteiger partial charge < -0.3 is 4.98 Å². The fraction of sp³-hybridized carbons (Fsp3) is 0.312. The zero-order chi connectivity index (χ0) is 27.4. The van der Waals surface area contributed by atoms with Gasteiger partial charge in [0.1, 0.15) is 6.04 Å². The highest BCUT2D eigenvalue weighted by molar-refractivity contribution is 5.80. The number of aryl methyl sites for hydroxylation is 1. The molecule has 0 spiro atoms. The summed E-state index contributed by atoms with van der Waals surface area (Å²) in [5.41, 5.74) is 4.60. The van der Waals surface area contributed by atoms with Gasteiger partial charge in [0.05, 0.1) is 5.54 Å². The van der Waals surface area contributed by atoms with E-state index in [1.807, 2.05) is 41.1 Å². The zero-order valence-electron chi connectivity index (χ0n) is 23.1. The minimum atomic E-state index is -0.457. The Hall–Kier alpha value is -4.10. The van der Waals surface area contributed by atoms with Crippen molar-refractivity contribution in [2.24, 2.45) is 0 Å². The van der Waals surface area contributed by atoms with Crippen molar-refractivity contribution in [3.8, 4) is 0 Å². The molecule has 0 fully saturated rings. The number of H-pyrrole nitrogens is 1. The van der Waals surface area contributed by atoms with Gasteiger partial charge in [-0.3, -0.25) is 9.69 Å². The molecular formula is C32H36N6O. The number of aromatic amines is 1. The van der Waals surface area contributed by atoms with Gasteiger partial charge in [-0.15, -0.1) is 5.10 Å². The lowest BCUT2D eigenvalue weighted by Gasteiger charge is -2.33. The van der Waals surface area contributed by atoms with E-state index >= 15 is 0 Å². The van der Waals surface area contributed by atoms with Crippen LogP contribution in [0.5, 0.6) is 0 Å². The quantitative estimate of drug-likeness (QED) is 0.271. The summed E-state index contributed by atoms with van der Waals surface area (Å²) in [7, 11) is 0. The third-order valence-electron chi connectivity index (χ3n) is 7.14. The van der Waals surface area contributed by atoms with Gasteiger partial charge in [0.15, 0.2) is 5.82 Å². The van der Waals surface area contributed by atoms with E-state index in [9.17, 15) is 4.79 Å². The van der Waals surface area contributed by atoms with Crippen LogP contribution in [-0.2, 0) is 24.9 Å². The van der Waals surface area contributed by atoms with Crippen LogP contribution in [-0.4, -0.2) is 36.6 Å². The first-order valence-electron chi connectivity index (χ1n) is 13.6. The Morgan fingerprint density at radius 1 is 0.897 bits per heavy atom. The Bertz CT molecular complexity index is 1580. The molecule has 0 amide bonds. The molecule has 0 aliphatic rings. The summed E-state index contributed by atoms with van der Waals surface area (Å²) in [6.07, 6.45) is 1.75. The molecule has 7 heteroatoms. The molecule has 7 nitrogen and oxygen atoms in total. The van der Waals surface area contributed by atoms with E-state index in [2.05, 4.69) is 102 Å². The van der Waals surface area contributed by atoms with Crippen LogP contribution >= 0.6 is 0 Å². The second kappa shape index (κ2) is 11.3. The van der Waals surface area contributed by atoms with Crippen molar-refractivity contribution in [2.45, 2.75) is 58.7 Å². The Kier molecular flexibility index (Phi) is 7.70. The van der Waals surface area contributed by atoms with Crippen molar-refractivity contribution in [3.05, 3.63) is 123 Å². The van der Waals surface area contributed by atoms with Crippen molar-refractivity contribution in [1.82, 2.24) is 30.1 Å². The third kappa shape index (κ3) is 5.99. The molecular weight excluding hydrogens is 484 g/mol. The van der Waals surface area contributed by atoms with Gasteiger partial charge in [0.25, 0.3) is 5.56 Å². The fourth-order valence-corrected chi connectivity index (χ4v) is 5.07. The molecule has 200 valence electrons. The van der Waals surface area contributed by atoms with Gasteiger partial charge in [-0.25, -0.2) is 4.68 Å². The Morgan fingerprint density at radius 3 is 2.26 bits per heavy atom. The van der Waals surface area contributed by atoms with Crippen molar-refractivity contribution < 1.29 is 0 Å². The minimum absolute atomic E-state index is 0.127. The first-order valence-corrected chi connectivity index (χ1v) is 13.6. The molecule has 0 saturated heterocycles. The summed E-state index contributed by atoms with van der Waals surface area (Å²) >= 11 is 0. The number of fused-ring (bicyclic) bond motifs is 1. The summed E-state index contributed by atoms with van der Waals surface area (Å²) in [4.78, 5) is 19.2. The molecule has 2 aromatic heterocycles. The average molecular weight is 521 g/mol. The van der Waals surface area contributed by atoms with Crippen molar-refractivity contribution in [1.29, 1.82) is 0 Å². The van der Waals surface area contributed by atoms with Crippen LogP contribution in [0.4, 0.5) is 0 Å². The molecule has 0 aliphatic heterocycles. The van der Waals surface area contributed by atoms with Crippen LogP contribution in [0.1, 0.15) is 61.8 Å². The van der Waals surface area contributed by atoms with Gasteiger partial charge in [-0.1, -0.05) is 73.7 Å². The highest BCUT2D eigenvalue weighted by atomic mass is 16.1. The topological polar surface area (TPSA) is 79.7 Å². The molecule has 39 heavy (non-hydrogen) atoms. The second-order valence-corrected chi connectivity index (χ2v) is 11.0. The molecule has 0 unspecified atom stereocenters. The van der Waals surface area contributed by atoms with Crippen LogP contribution < -0.4 is 5.56 Å². The maximum Gasteiger partial charge on any atom is 0.253 e. The number of hydrogen-bond donors (Lipinski definition) is 1. The van der Waals surface area contributed by atoms with E-state index in [0.717, 1.165) is 29.3 Å². The van der Waals surface area contributed by atoms with Crippen LogP contribution in [0.3, 0.4) is 0 Å². The first kappa shape index (κ1) is 26.5. The second-order valence-electron chi connectivity index (χ2n) is 11.0.